The van der Waals surface area contributed by atoms with Crippen LogP contribution in [0.2, 0.25) is 0 Å². The monoisotopic (exact) mass is 807 g/mol. The van der Waals surface area contributed by atoms with Crippen LogP contribution >= 0.6 is 0 Å². The van der Waals surface area contributed by atoms with E-state index in [0.717, 1.165) is 65.4 Å². The van der Waals surface area contributed by atoms with Crippen LogP contribution in [0.3, 0.4) is 0 Å². The maximum atomic E-state index is 15.0. The van der Waals surface area contributed by atoms with Crippen LogP contribution < -0.4 is 9.46 Å². The molecule has 0 spiro atoms. The van der Waals surface area contributed by atoms with Crippen LogP contribution in [0.25, 0.3) is 28.2 Å². The molecule has 3 aromatic rings. The molecule has 1 aromatic heterocycles. The van der Waals surface area contributed by atoms with Gasteiger partial charge in [0.2, 0.25) is 21.8 Å². The Morgan fingerprint density at radius 3 is 2.53 bits per heavy atom. The van der Waals surface area contributed by atoms with Gasteiger partial charge >= 0.3 is 5.97 Å². The van der Waals surface area contributed by atoms with Gasteiger partial charge in [-0.1, -0.05) is 67.8 Å². The molecule has 2 aromatic carbocycles. The van der Waals surface area contributed by atoms with E-state index >= 15 is 0 Å². The molecule has 11 nitrogen and oxygen atoms in total. The molecule has 1 N–H and O–H groups in total. The van der Waals surface area contributed by atoms with Crippen LogP contribution in [-0.2, 0) is 33.9 Å². The number of fused-ring (bicyclic) bond motifs is 3. The third kappa shape index (κ3) is 8.35. The fraction of sp³-hybridized carbons (Fsp3) is 0.500. The zero-order chi connectivity index (χ0) is 40.6. The van der Waals surface area contributed by atoms with Gasteiger partial charge in [-0.3, -0.25) is 23.9 Å². The fourth-order valence-corrected chi connectivity index (χ4v) is 10.7. The molecule has 58 heavy (non-hydrogen) atoms. The normalized spacial score (nSPS) is 27.6. The van der Waals surface area contributed by atoms with Crippen molar-refractivity contribution in [3.05, 3.63) is 78.4 Å². The molecule has 2 aliphatic heterocycles. The van der Waals surface area contributed by atoms with Gasteiger partial charge in [0.05, 0.1) is 53.4 Å². The largest absolute Gasteiger partial charge is 0.488 e. The quantitative estimate of drug-likeness (QED) is 0.174. The summed E-state index contributed by atoms with van der Waals surface area (Å²) in [6.07, 6.45) is 12.1. The molecular weight excluding hydrogens is 755 g/mol. The third-order valence-electron chi connectivity index (χ3n) is 13.0. The minimum atomic E-state index is -3.85. The number of aryl methyl sites for hydroxylation is 1. The molecule has 4 bridgehead atoms. The molecule has 1 saturated heterocycles. The van der Waals surface area contributed by atoms with Crippen LogP contribution in [0.1, 0.15) is 94.6 Å². The van der Waals surface area contributed by atoms with Gasteiger partial charge in [-0.2, -0.15) is 0 Å². The number of nitrogens with one attached hydrogen (secondary N) is 1. The maximum Gasteiger partial charge on any atom is 0.306 e. The van der Waals surface area contributed by atoms with Crippen molar-refractivity contribution < 1.29 is 37.1 Å². The molecule has 3 aliphatic carbocycles. The summed E-state index contributed by atoms with van der Waals surface area (Å²) in [6.45, 7) is 6.23. The van der Waals surface area contributed by atoms with Gasteiger partial charge in [-0.25, -0.2) is 13.4 Å². The topological polar surface area (TPSA) is 149 Å². The number of sulfonamides is 1. The molecule has 4 fully saturated rings. The van der Waals surface area contributed by atoms with Crippen LogP contribution in [0.4, 0.5) is 0 Å². The second kappa shape index (κ2) is 16.4. The smallest absolute Gasteiger partial charge is 0.306 e. The summed E-state index contributed by atoms with van der Waals surface area (Å²) in [7, 11) is -3.85. The summed E-state index contributed by atoms with van der Waals surface area (Å²) in [5.74, 6) is -2.29. The molecule has 5 atom stereocenters. The lowest BCUT2D eigenvalue weighted by Gasteiger charge is -2.34. The molecule has 2 amide bonds. The molecular formula is C46H53N3O8S. The number of rotatable bonds is 9. The number of carbonyl (C=O) groups excluding carboxylic acids is 4. The van der Waals surface area contributed by atoms with E-state index in [1.165, 1.54) is 0 Å². The van der Waals surface area contributed by atoms with Crippen molar-refractivity contribution in [1.29, 1.82) is 0 Å². The molecule has 0 radical (unpaired) electrons. The second-order valence-electron chi connectivity index (χ2n) is 17.1. The summed E-state index contributed by atoms with van der Waals surface area (Å²) in [5.41, 5.74) is 3.14. The lowest BCUT2D eigenvalue weighted by atomic mass is 9.77. The molecule has 12 heteroatoms. The second-order valence-corrected chi connectivity index (χ2v) is 19.0. The Balaban J connectivity index is 1.17. The number of benzene rings is 2. The van der Waals surface area contributed by atoms with Crippen LogP contribution in [-0.4, -0.2) is 72.4 Å². The summed E-state index contributed by atoms with van der Waals surface area (Å²) in [5, 5.41) is 0.197. The van der Waals surface area contributed by atoms with Crippen molar-refractivity contribution in [2.24, 2.45) is 23.2 Å². The average Bonchev–Trinajstić information content (AvgIpc) is 4.15. The molecule has 3 heterocycles. The zero-order valence-electron chi connectivity index (χ0n) is 33.2. The molecule has 5 aliphatic rings. The van der Waals surface area contributed by atoms with E-state index in [9.17, 15) is 27.6 Å². The first kappa shape index (κ1) is 40.0. The number of cyclic esters (lactones) is 1. The first-order valence-electron chi connectivity index (χ1n) is 21.0. The number of ether oxygens (including phenoxy) is 2. The van der Waals surface area contributed by atoms with E-state index < -0.39 is 50.6 Å². The summed E-state index contributed by atoms with van der Waals surface area (Å²) < 4.78 is 40.6. The number of Topliss-reactive ketones (excluding diaryl/α,β-unsaturated/α-hetero) is 1. The highest BCUT2D eigenvalue weighted by Crippen LogP contribution is 2.57. The third-order valence-corrected chi connectivity index (χ3v) is 14.8. The number of esters is 1. The Morgan fingerprint density at radius 1 is 1.03 bits per heavy atom. The Labute approximate surface area is 340 Å². The van der Waals surface area contributed by atoms with Crippen LogP contribution in [0, 0.1) is 30.1 Å². The van der Waals surface area contributed by atoms with E-state index in [0.29, 0.717) is 31.4 Å². The summed E-state index contributed by atoms with van der Waals surface area (Å²) in [6, 6.07) is 14.9. The average molecular weight is 808 g/mol. The highest BCUT2D eigenvalue weighted by molar-refractivity contribution is 7.90. The lowest BCUT2D eigenvalue weighted by molar-refractivity contribution is -0.152. The molecule has 8 rings (SSSR count). The lowest BCUT2D eigenvalue weighted by Crippen LogP contribution is -2.48. The van der Waals surface area contributed by atoms with Gasteiger partial charge in [0, 0.05) is 29.9 Å². The first-order valence-corrected chi connectivity index (χ1v) is 22.5. The number of hydrogen-bond donors (Lipinski definition) is 1. The standard InChI is InChI=1S/C46H53N3O8S/c1-3-33-26-46(33,45(53)48-58(54,55)35-18-19-35)27-41(50)40-23-34-28-49(40)44(52)36(30-13-7-4-8-14-30)24-43(51)56-20-12-6-11-17-32-22-37-39(21-29(32)2)47-38(25-42(37)57-34)31-15-9-5-10-16-31/h3,5,9-11,15-17,21-22,25,30,33-36,40H,1,4,6-8,12-14,18-20,23-24,26-28H2,2H3,(H,48,53)/b17-11+/t33-,34-,36+,40+,46-/m1/s1. The predicted octanol–water partition coefficient (Wildman–Crippen LogP) is 7.26. The van der Waals surface area contributed by atoms with Gasteiger partial charge in [0.25, 0.3) is 0 Å². The number of hydrogen-bond acceptors (Lipinski definition) is 9. The van der Waals surface area contributed by atoms with Gasteiger partial charge in [-0.05, 0) is 87.0 Å². The van der Waals surface area contributed by atoms with E-state index in [2.05, 4.69) is 29.5 Å². The van der Waals surface area contributed by atoms with Crippen molar-refractivity contribution in [3.8, 4) is 17.0 Å². The van der Waals surface area contributed by atoms with Gasteiger partial charge in [-0.15, -0.1) is 6.58 Å². The van der Waals surface area contributed by atoms with E-state index in [-0.39, 0.29) is 62.4 Å². The summed E-state index contributed by atoms with van der Waals surface area (Å²) >= 11 is 0. The Bertz CT molecular complexity index is 2250. The number of aromatic nitrogens is 1. The number of pyridine rings is 1. The predicted molar refractivity (Wildman–Crippen MR) is 221 cm³/mol. The van der Waals surface area contributed by atoms with Crippen LogP contribution in [0.5, 0.6) is 5.75 Å². The highest BCUT2D eigenvalue weighted by Gasteiger charge is 2.61. The minimum Gasteiger partial charge on any atom is -0.488 e. The van der Waals surface area contributed by atoms with Gasteiger partial charge in [0.1, 0.15) is 11.9 Å². The summed E-state index contributed by atoms with van der Waals surface area (Å²) in [4.78, 5) is 63.5. The maximum absolute atomic E-state index is 15.0. The number of allylic oxidation sites excluding steroid dienone is 2. The van der Waals surface area contributed by atoms with Crippen molar-refractivity contribution in [2.75, 3.05) is 13.2 Å². The molecule has 306 valence electrons. The number of ketones is 1. The van der Waals surface area contributed by atoms with Crippen molar-refractivity contribution in [1.82, 2.24) is 14.6 Å². The van der Waals surface area contributed by atoms with E-state index in [4.69, 9.17) is 14.5 Å². The minimum absolute atomic E-state index is 0.0457. The Hall–Kier alpha value is -4.84. The molecule has 0 unspecified atom stereocenters. The van der Waals surface area contributed by atoms with Crippen molar-refractivity contribution in [2.45, 2.75) is 108 Å². The first-order chi connectivity index (χ1) is 28.0. The number of carbonyl (C=O) groups is 4. The highest BCUT2D eigenvalue weighted by atomic mass is 32.2. The van der Waals surface area contributed by atoms with Gasteiger partial charge < -0.3 is 14.4 Å². The van der Waals surface area contributed by atoms with Gasteiger partial charge in [0.15, 0.2) is 5.78 Å². The van der Waals surface area contributed by atoms with Crippen LogP contribution in [0.15, 0.2) is 67.3 Å². The van der Waals surface area contributed by atoms with Crippen molar-refractivity contribution in [3.63, 3.8) is 0 Å². The molecule has 3 saturated carbocycles. The van der Waals surface area contributed by atoms with E-state index in [1.807, 2.05) is 49.4 Å². The fourth-order valence-electron chi connectivity index (χ4n) is 9.36. The SMILES string of the molecule is C=C[C@@H]1C[C@]1(CC(=O)[C@@H]1C[C@@H]2CN1C(=O)[C@H](C1CCCCC1)CC(=O)OCCC/C=C/c1cc3c(cc(-c4ccccc4)nc3cc1C)O2)C(=O)NS(=O)(=O)C1CC1. The number of nitrogens with zero attached hydrogens (tertiary/aromatic N) is 2. The zero-order valence-corrected chi connectivity index (χ0v) is 34.0. The Kier molecular flexibility index (Phi) is 11.3. The Morgan fingerprint density at radius 2 is 1.81 bits per heavy atom. The van der Waals surface area contributed by atoms with E-state index in [1.54, 1.807) is 11.0 Å². The van der Waals surface area contributed by atoms with Crippen molar-refractivity contribution >= 4 is 50.6 Å². The number of amides is 2.